The maximum absolute atomic E-state index is 13.8. The molecule has 0 bridgehead atoms. The molecule has 0 unspecified atom stereocenters. The first-order valence-corrected chi connectivity index (χ1v) is 35.9. The first kappa shape index (κ1) is 86.3. The van der Waals surface area contributed by atoms with Crippen molar-refractivity contribution in [3.05, 3.63) is 131 Å². The molecule has 0 saturated carbocycles. The van der Waals surface area contributed by atoms with Crippen molar-refractivity contribution in [1.29, 1.82) is 0 Å². The van der Waals surface area contributed by atoms with Gasteiger partial charge in [-0.1, -0.05) is 103 Å². The first-order valence-electron chi connectivity index (χ1n) is 35.9. The van der Waals surface area contributed by atoms with E-state index in [0.717, 1.165) is 119 Å². The Morgan fingerprint density at radius 3 is 1.28 bits per heavy atom. The molecule has 2 aromatic carbocycles. The van der Waals surface area contributed by atoms with Gasteiger partial charge in [-0.05, 0) is 136 Å². The number of methoxy groups -OCH3 is 3. The van der Waals surface area contributed by atoms with Gasteiger partial charge in [0.2, 0.25) is 23.6 Å². The van der Waals surface area contributed by atoms with Gasteiger partial charge in [-0.3, -0.25) is 33.6 Å². The molecule has 5 fully saturated rings. The van der Waals surface area contributed by atoms with E-state index >= 15 is 0 Å². The number of carbonyl (C=O) groups is 7. The number of hydrogen-bond acceptors (Lipinski definition) is 16. The van der Waals surface area contributed by atoms with Crippen molar-refractivity contribution in [2.75, 3.05) is 73.7 Å². The second-order valence-electron chi connectivity index (χ2n) is 30.4. The molecule has 3 N–H and O–H groups in total. The molecule has 10 heterocycles. The quantitative estimate of drug-likeness (QED) is 0.0670. The van der Waals surface area contributed by atoms with Crippen LogP contribution in [0.2, 0.25) is 0 Å². The fourth-order valence-corrected chi connectivity index (χ4v) is 15.5. The van der Waals surface area contributed by atoms with Crippen LogP contribution in [0.3, 0.4) is 0 Å². The van der Waals surface area contributed by atoms with Crippen molar-refractivity contribution in [3.63, 3.8) is 0 Å². The van der Waals surface area contributed by atoms with Crippen LogP contribution >= 0.6 is 0 Å². The Morgan fingerprint density at radius 2 is 0.893 bits per heavy atom. The van der Waals surface area contributed by atoms with Gasteiger partial charge in [-0.25, -0.2) is 0 Å². The van der Waals surface area contributed by atoms with Crippen LogP contribution in [0.1, 0.15) is 154 Å². The maximum atomic E-state index is 13.8. The van der Waals surface area contributed by atoms with Crippen molar-refractivity contribution in [1.82, 2.24) is 50.2 Å². The number of amides is 6. The highest BCUT2D eigenvalue weighted by atomic mass is 16.8. The number of likely N-dealkylation sites (tertiary alicyclic amines) is 4. The van der Waals surface area contributed by atoms with E-state index in [4.69, 9.17) is 9.47 Å². The summed E-state index contributed by atoms with van der Waals surface area (Å²) in [6.45, 7) is 30.6. The predicted octanol–water partition coefficient (Wildman–Crippen LogP) is 7.35. The van der Waals surface area contributed by atoms with Crippen LogP contribution in [0.15, 0.2) is 120 Å². The topological polar surface area (TPSA) is 224 Å². The number of benzene rings is 2. The van der Waals surface area contributed by atoms with Crippen LogP contribution in [0, 0.1) is 11.8 Å². The summed E-state index contributed by atoms with van der Waals surface area (Å²) < 4.78 is 25.8. The molecule has 25 heteroatoms. The Kier molecular flexibility index (Phi) is 32.4. The lowest BCUT2D eigenvalue weighted by Gasteiger charge is -2.37. The average molecular weight is 1420 g/mol. The second kappa shape index (κ2) is 38.6. The molecule has 103 heavy (non-hydrogen) atoms. The smallest absolute Gasteiger partial charge is 0.270 e. The van der Waals surface area contributed by atoms with Gasteiger partial charge in [0.15, 0.2) is 5.78 Å². The monoisotopic (exact) mass is 1420 g/mol. The molecule has 10 aliphatic rings. The summed E-state index contributed by atoms with van der Waals surface area (Å²) in [4.78, 5) is 103. The molecule has 10 atom stereocenters. The number of hydrogen-bond donors (Lipinski definition) is 3. The highest BCUT2D eigenvalue weighted by molar-refractivity contribution is 6.75. The Balaban J connectivity index is 0.000000281. The number of ether oxygens (including phenoxy) is 5. The van der Waals surface area contributed by atoms with Gasteiger partial charge in [0.1, 0.15) is 22.7 Å². The average Bonchev–Trinajstić information content (AvgIpc) is 1.62. The summed E-state index contributed by atoms with van der Waals surface area (Å²) in [7, 11) is 12.5. The fourth-order valence-electron chi connectivity index (χ4n) is 15.5. The minimum Gasteiger partial charge on any atom is -0.490 e. The zero-order valence-electron chi connectivity index (χ0n) is 62.4. The third-order valence-corrected chi connectivity index (χ3v) is 19.7. The molecular formula is C78H118B3N10O12. The van der Waals surface area contributed by atoms with Crippen molar-refractivity contribution >= 4 is 65.1 Å². The molecule has 6 amide bonds. The van der Waals surface area contributed by atoms with E-state index in [-0.39, 0.29) is 136 Å². The maximum Gasteiger partial charge on any atom is 0.270 e. The molecule has 2 aromatic rings. The Labute approximate surface area is 619 Å². The lowest BCUT2D eigenvalue weighted by molar-refractivity contribution is -0.252. The lowest BCUT2D eigenvalue weighted by atomic mass is 9.81. The SMILES string of the molecule is C.C.CC(C)C[C@H]1C(=O)CC(=O)N1[C@H]1CCN(C2=CC(=O)N[C@H]2Cc2ccccc2)C1.CC(C)C[C@H]1C(N2CC[C@H](N3C(=O)C=C(OC(C)(C)C)[C@@H]3C)C2)=CC(=O)N1[C@H]1CCN(C2=CC(=O)N[C@H]2Cc2ccccc2)C1.COC(OC)OC.C[C@H]1C(OC(C)(C)C)=CC(=O)N1[C@H]1CCNC1.[B].[B][B]. The largest absolute Gasteiger partial charge is 0.490 e. The minimum atomic E-state index is -0.514. The highest BCUT2D eigenvalue weighted by Gasteiger charge is 2.49. The molecule has 10 aliphatic heterocycles. The van der Waals surface area contributed by atoms with Crippen LogP contribution in [-0.4, -0.2) is 251 Å². The molecular weight excluding hydrogens is 1300 g/mol. The first-order chi connectivity index (χ1) is 47.5. The summed E-state index contributed by atoms with van der Waals surface area (Å²) in [5.74, 6) is 2.40. The van der Waals surface area contributed by atoms with E-state index in [1.54, 1.807) is 24.3 Å². The summed E-state index contributed by atoms with van der Waals surface area (Å²) in [6, 6.07) is 20.4. The molecule has 7 radical (unpaired) electrons. The summed E-state index contributed by atoms with van der Waals surface area (Å²) in [5, 5.41) is 9.49. The zero-order valence-corrected chi connectivity index (χ0v) is 62.4. The summed E-state index contributed by atoms with van der Waals surface area (Å²) in [6.07, 6.45) is 15.3. The van der Waals surface area contributed by atoms with E-state index in [2.05, 4.69) is 117 Å². The van der Waals surface area contributed by atoms with Crippen LogP contribution in [0.25, 0.3) is 0 Å². The van der Waals surface area contributed by atoms with E-state index in [1.807, 2.05) is 113 Å². The van der Waals surface area contributed by atoms with E-state index < -0.39 is 6.48 Å². The van der Waals surface area contributed by atoms with Gasteiger partial charge < -0.3 is 73.9 Å². The highest BCUT2D eigenvalue weighted by Crippen LogP contribution is 2.39. The number of nitrogens with one attached hydrogen (secondary N) is 3. The normalized spacial score (nSPS) is 25.9. The van der Waals surface area contributed by atoms with Gasteiger partial charge in [-0.2, -0.15) is 0 Å². The third-order valence-electron chi connectivity index (χ3n) is 19.7. The van der Waals surface area contributed by atoms with Gasteiger partial charge >= 0.3 is 0 Å². The van der Waals surface area contributed by atoms with Gasteiger partial charge in [0.05, 0.1) is 60.8 Å². The molecule has 0 aromatic heterocycles. The van der Waals surface area contributed by atoms with Crippen LogP contribution in [0.5, 0.6) is 0 Å². The number of rotatable bonds is 20. The van der Waals surface area contributed by atoms with Crippen molar-refractivity contribution < 1.29 is 57.2 Å². The van der Waals surface area contributed by atoms with Gasteiger partial charge in [0.25, 0.3) is 18.3 Å². The fraction of sp³-hybridized carbons (Fsp3) is 0.628. The Hall–Kier alpha value is -7.34. The van der Waals surface area contributed by atoms with Gasteiger partial charge in [-0.15, -0.1) is 0 Å². The van der Waals surface area contributed by atoms with Crippen molar-refractivity contribution in [2.45, 2.75) is 234 Å². The molecule has 0 spiro atoms. The Bertz CT molecular complexity index is 3320. The molecule has 5 saturated heterocycles. The molecule has 12 rings (SSSR count). The van der Waals surface area contributed by atoms with Gasteiger partial charge in [0, 0.05) is 145 Å². The molecule has 22 nitrogen and oxygen atoms in total. The standard InChI is InChI=1S/C36H49N5O4.C23H29N3O3.C13H22N2O2.C4H10O3.2CH4.B2.B/c1-23(2)16-31-30(39-15-12-26(21-39)40-24(3)32(20-35(40)44)45-36(4,5)6)19-34(43)41(31)27-13-14-38(22-27)29-18-33(42)37-28(29)17-25-10-8-7-9-11-25;1-15(2)10-20-21(27)13-23(29)26(20)17-8-9-25(14-17)19-12-22(28)24-18(19)11-16-6-4-3-5-7-16;1-9-11(17-13(2,3)4)7-12(16)15(9)10-5-6-14-8-10;1-5-4(6-2)7-3;;;1-2;/h7-11,18-20,23-24,26-28,31H,12-17,21-22H2,1-6H3,(H,37,42);3-7,12,15,17-18,20H,8-11,13-14H2,1-2H3,(H,24,28);7,9-10,14H,5-6,8H2,1-4H3;4H,1-3H3;2*1H4;;/t24-,26-,27-,28-,31-;17-,18-,20-;9-,10-;;;;;/m000...../s1. The van der Waals surface area contributed by atoms with Crippen molar-refractivity contribution in [2.24, 2.45) is 11.8 Å². The second-order valence-corrected chi connectivity index (χ2v) is 30.4. The zero-order chi connectivity index (χ0) is 72.9. The number of ketones is 1. The molecule has 0 aliphatic carbocycles. The van der Waals surface area contributed by atoms with Crippen molar-refractivity contribution in [3.8, 4) is 0 Å². The predicted molar refractivity (Wildman–Crippen MR) is 405 cm³/mol. The number of nitrogens with zero attached hydrogens (tertiary/aromatic N) is 7. The Morgan fingerprint density at radius 1 is 0.505 bits per heavy atom. The van der Waals surface area contributed by atoms with Crippen LogP contribution in [0.4, 0.5) is 0 Å². The number of Topliss-reactive ketones (excluding diaryl/α,β-unsaturated/α-hetero) is 1. The van der Waals surface area contributed by atoms with E-state index in [1.165, 1.54) is 32.5 Å². The molecule has 561 valence electrons. The van der Waals surface area contributed by atoms with E-state index in [0.29, 0.717) is 31.0 Å². The summed E-state index contributed by atoms with van der Waals surface area (Å²) >= 11 is 0. The summed E-state index contributed by atoms with van der Waals surface area (Å²) in [5.41, 5.74) is 4.88. The van der Waals surface area contributed by atoms with Crippen LogP contribution < -0.4 is 16.0 Å². The lowest BCUT2D eigenvalue weighted by Crippen LogP contribution is -2.48. The third kappa shape index (κ3) is 22.4. The minimum absolute atomic E-state index is 0. The van der Waals surface area contributed by atoms with Crippen LogP contribution in [-0.2, 0) is 70.1 Å². The number of carbonyl (C=O) groups excluding carboxylic acids is 7. The van der Waals surface area contributed by atoms with E-state index in [9.17, 15) is 33.6 Å².